The second-order valence-electron chi connectivity index (χ2n) is 5.49. The van der Waals surface area contributed by atoms with Crippen molar-refractivity contribution in [1.29, 1.82) is 0 Å². The highest BCUT2D eigenvalue weighted by Gasteiger charge is 2.35. The van der Waals surface area contributed by atoms with Crippen LogP contribution >= 0.6 is 11.3 Å². The number of nitrogens with zero attached hydrogens (tertiary/aromatic N) is 1. The normalized spacial score (nSPS) is 20.7. The lowest BCUT2D eigenvalue weighted by molar-refractivity contribution is 0.0702. The van der Waals surface area contributed by atoms with E-state index in [0.717, 1.165) is 17.8 Å². The van der Waals surface area contributed by atoms with Gasteiger partial charge in [-0.3, -0.25) is 0 Å². The molecule has 1 unspecified atom stereocenters. The number of carboxylic acids is 1. The van der Waals surface area contributed by atoms with E-state index in [9.17, 15) is 13.2 Å². The number of sulfonamides is 1. The summed E-state index contributed by atoms with van der Waals surface area (Å²) < 4.78 is 26.7. The third-order valence-electron chi connectivity index (χ3n) is 3.83. The van der Waals surface area contributed by atoms with E-state index in [1.807, 2.05) is 0 Å². The highest BCUT2D eigenvalue weighted by molar-refractivity contribution is 7.89. The largest absolute Gasteiger partial charge is 0.477 e. The molecule has 2 rings (SSSR count). The van der Waals surface area contributed by atoms with Crippen molar-refractivity contribution in [1.82, 2.24) is 4.31 Å². The average Bonchev–Trinajstić information content (AvgIpc) is 2.94. The molecule has 1 aliphatic rings. The summed E-state index contributed by atoms with van der Waals surface area (Å²) in [6, 6.07) is 1.28. The standard InChI is InChI=1S/C13H19NO4S2/c1-8(2)10-4-5-14(7-10)20(17,18)12-6-11(13(15)16)19-9(12)3/h6,8,10H,4-5,7H2,1-3H3,(H,15,16). The smallest absolute Gasteiger partial charge is 0.345 e. The molecule has 0 radical (unpaired) electrons. The molecule has 1 atom stereocenters. The number of carboxylic acid groups (broad SMARTS) is 1. The first-order valence-corrected chi connectivity index (χ1v) is 8.83. The van der Waals surface area contributed by atoms with Crippen molar-refractivity contribution in [2.24, 2.45) is 11.8 Å². The van der Waals surface area contributed by atoms with Crippen LogP contribution < -0.4 is 0 Å². The number of aromatic carboxylic acids is 1. The van der Waals surface area contributed by atoms with Crippen LogP contribution in [0.5, 0.6) is 0 Å². The molecule has 1 fully saturated rings. The lowest BCUT2D eigenvalue weighted by Gasteiger charge is -2.17. The Labute approximate surface area is 123 Å². The number of aryl methyl sites for hydroxylation is 1. The molecule has 0 amide bonds. The van der Waals surface area contributed by atoms with E-state index >= 15 is 0 Å². The van der Waals surface area contributed by atoms with E-state index in [-0.39, 0.29) is 9.77 Å². The number of carbonyl (C=O) groups is 1. The van der Waals surface area contributed by atoms with Crippen molar-refractivity contribution in [3.05, 3.63) is 15.8 Å². The van der Waals surface area contributed by atoms with Crippen molar-refractivity contribution in [3.63, 3.8) is 0 Å². The van der Waals surface area contributed by atoms with Crippen LogP contribution in [0.15, 0.2) is 11.0 Å². The minimum absolute atomic E-state index is 0.0701. The zero-order valence-electron chi connectivity index (χ0n) is 11.8. The van der Waals surface area contributed by atoms with Gasteiger partial charge in [-0.15, -0.1) is 11.3 Å². The summed E-state index contributed by atoms with van der Waals surface area (Å²) in [5.74, 6) is -0.253. The van der Waals surface area contributed by atoms with E-state index in [0.29, 0.717) is 29.8 Å². The first-order valence-electron chi connectivity index (χ1n) is 6.57. The SMILES string of the molecule is Cc1sc(C(=O)O)cc1S(=O)(=O)N1CCC(C(C)C)C1. The molecule has 20 heavy (non-hydrogen) atoms. The molecule has 1 N–H and O–H groups in total. The molecule has 7 heteroatoms. The Morgan fingerprint density at radius 1 is 1.50 bits per heavy atom. The van der Waals surface area contributed by atoms with Crippen LogP contribution in [0.4, 0.5) is 0 Å². The van der Waals surface area contributed by atoms with Crippen LogP contribution in [0, 0.1) is 18.8 Å². The zero-order valence-corrected chi connectivity index (χ0v) is 13.4. The molecule has 2 heterocycles. The molecule has 5 nitrogen and oxygen atoms in total. The summed E-state index contributed by atoms with van der Waals surface area (Å²) in [5.41, 5.74) is 0. The van der Waals surface area contributed by atoms with E-state index in [4.69, 9.17) is 5.11 Å². The Balaban J connectivity index is 2.30. The minimum Gasteiger partial charge on any atom is -0.477 e. The number of thiophene rings is 1. The fourth-order valence-electron chi connectivity index (χ4n) is 2.48. The molecule has 0 aliphatic carbocycles. The van der Waals surface area contributed by atoms with Crippen LogP contribution in [0.25, 0.3) is 0 Å². The van der Waals surface area contributed by atoms with Crippen LogP contribution in [0.2, 0.25) is 0 Å². The van der Waals surface area contributed by atoms with Gasteiger partial charge in [-0.25, -0.2) is 13.2 Å². The number of rotatable bonds is 4. The molecular formula is C13H19NO4S2. The molecular weight excluding hydrogens is 298 g/mol. The Morgan fingerprint density at radius 3 is 2.60 bits per heavy atom. The van der Waals surface area contributed by atoms with Gasteiger partial charge in [-0.2, -0.15) is 4.31 Å². The van der Waals surface area contributed by atoms with Crippen molar-refractivity contribution >= 4 is 27.3 Å². The summed E-state index contributed by atoms with van der Waals surface area (Å²) in [6.45, 7) is 6.89. The Bertz CT molecular complexity index is 618. The monoisotopic (exact) mass is 317 g/mol. The first-order chi connectivity index (χ1) is 9.23. The molecule has 0 bridgehead atoms. The molecule has 1 aromatic heterocycles. The van der Waals surface area contributed by atoms with Gasteiger partial charge < -0.3 is 5.11 Å². The molecule has 0 aromatic carbocycles. The fraction of sp³-hybridized carbons (Fsp3) is 0.615. The van der Waals surface area contributed by atoms with Crippen molar-refractivity contribution in [3.8, 4) is 0 Å². The number of hydrogen-bond donors (Lipinski definition) is 1. The Hall–Kier alpha value is -0.920. The lowest BCUT2D eigenvalue weighted by Crippen LogP contribution is -2.29. The van der Waals surface area contributed by atoms with E-state index in [2.05, 4.69) is 13.8 Å². The van der Waals surface area contributed by atoms with Crippen molar-refractivity contribution in [2.75, 3.05) is 13.1 Å². The predicted molar refractivity (Wildman–Crippen MR) is 77.7 cm³/mol. The second-order valence-corrected chi connectivity index (χ2v) is 8.65. The van der Waals surface area contributed by atoms with Gasteiger partial charge in [0.1, 0.15) is 4.88 Å². The zero-order chi connectivity index (χ0) is 15.1. The minimum atomic E-state index is -3.57. The quantitative estimate of drug-likeness (QED) is 0.925. The van der Waals surface area contributed by atoms with Crippen LogP contribution in [-0.4, -0.2) is 36.9 Å². The van der Waals surface area contributed by atoms with Gasteiger partial charge in [0, 0.05) is 18.0 Å². The van der Waals surface area contributed by atoms with E-state index in [1.54, 1.807) is 6.92 Å². The van der Waals surface area contributed by atoms with Gasteiger partial charge in [0.25, 0.3) is 0 Å². The molecule has 1 aromatic rings. The predicted octanol–water partition coefficient (Wildman–Crippen LogP) is 2.42. The molecule has 0 spiro atoms. The van der Waals surface area contributed by atoms with E-state index < -0.39 is 16.0 Å². The van der Waals surface area contributed by atoms with Gasteiger partial charge in [-0.05, 0) is 31.2 Å². The summed E-state index contributed by atoms with van der Waals surface area (Å²) >= 11 is 1.01. The van der Waals surface area contributed by atoms with Gasteiger partial charge in [0.2, 0.25) is 10.0 Å². The van der Waals surface area contributed by atoms with Crippen molar-refractivity contribution in [2.45, 2.75) is 32.1 Å². The van der Waals surface area contributed by atoms with Gasteiger partial charge in [0.05, 0.1) is 4.90 Å². The van der Waals surface area contributed by atoms with Crippen LogP contribution in [0.3, 0.4) is 0 Å². The third kappa shape index (κ3) is 2.75. The molecule has 112 valence electrons. The van der Waals surface area contributed by atoms with Crippen LogP contribution in [-0.2, 0) is 10.0 Å². The van der Waals surface area contributed by atoms with Gasteiger partial charge >= 0.3 is 5.97 Å². The highest BCUT2D eigenvalue weighted by atomic mass is 32.2. The summed E-state index contributed by atoms with van der Waals surface area (Å²) in [5, 5.41) is 8.97. The maximum atomic E-state index is 12.6. The summed E-state index contributed by atoms with van der Waals surface area (Å²) in [4.78, 5) is 11.7. The highest BCUT2D eigenvalue weighted by Crippen LogP contribution is 2.32. The topological polar surface area (TPSA) is 74.7 Å². The van der Waals surface area contributed by atoms with Crippen LogP contribution in [0.1, 0.15) is 34.8 Å². The lowest BCUT2D eigenvalue weighted by atomic mass is 9.96. The number of hydrogen-bond acceptors (Lipinski definition) is 4. The Morgan fingerprint density at radius 2 is 2.15 bits per heavy atom. The first kappa shape index (κ1) is 15.5. The van der Waals surface area contributed by atoms with E-state index in [1.165, 1.54) is 10.4 Å². The molecule has 1 saturated heterocycles. The maximum absolute atomic E-state index is 12.6. The average molecular weight is 317 g/mol. The second kappa shape index (κ2) is 5.46. The third-order valence-corrected chi connectivity index (χ3v) is 6.99. The Kier molecular flexibility index (Phi) is 4.22. The molecule has 1 aliphatic heterocycles. The van der Waals surface area contributed by atoms with Crippen molar-refractivity contribution < 1.29 is 18.3 Å². The van der Waals surface area contributed by atoms with Gasteiger partial charge in [-0.1, -0.05) is 13.8 Å². The molecule has 0 saturated carbocycles. The summed E-state index contributed by atoms with van der Waals surface area (Å²) in [6.07, 6.45) is 0.867. The maximum Gasteiger partial charge on any atom is 0.345 e. The fourth-order valence-corrected chi connectivity index (χ4v) is 5.39. The van der Waals surface area contributed by atoms with Gasteiger partial charge in [0.15, 0.2) is 0 Å². The summed E-state index contributed by atoms with van der Waals surface area (Å²) in [7, 11) is -3.57.